The van der Waals surface area contributed by atoms with Gasteiger partial charge in [0, 0.05) is 12.1 Å². The summed E-state index contributed by atoms with van der Waals surface area (Å²) >= 11 is 0. The van der Waals surface area contributed by atoms with Gasteiger partial charge in [0.2, 0.25) is 6.79 Å². The Morgan fingerprint density at radius 1 is 1.07 bits per heavy atom. The van der Waals surface area contributed by atoms with Crippen molar-refractivity contribution in [2.75, 3.05) is 20.4 Å². The Morgan fingerprint density at radius 2 is 1.83 bits per heavy atom. The third-order valence-electron chi connectivity index (χ3n) is 5.65. The summed E-state index contributed by atoms with van der Waals surface area (Å²) in [5.41, 5.74) is 3.53. The first-order valence-corrected chi connectivity index (χ1v) is 9.80. The number of hydrogen-bond donors (Lipinski definition) is 1. The Hall–Kier alpha value is -3.67. The van der Waals surface area contributed by atoms with E-state index in [-0.39, 0.29) is 24.5 Å². The Morgan fingerprint density at radius 3 is 2.57 bits per heavy atom. The minimum atomic E-state index is -0.343. The molecule has 6 nitrogen and oxygen atoms in total. The lowest BCUT2D eigenvalue weighted by molar-refractivity contribution is 0.0694. The summed E-state index contributed by atoms with van der Waals surface area (Å²) in [6, 6.07) is 17.8. The first-order chi connectivity index (χ1) is 14.6. The number of carbonyl (C=O) groups excluding carboxylic acids is 1. The summed E-state index contributed by atoms with van der Waals surface area (Å²) in [6.07, 6.45) is 0.711. The maximum absolute atomic E-state index is 13.5. The number of amides is 1. The highest BCUT2D eigenvalue weighted by Gasteiger charge is 2.34. The SMILES string of the molecule is COc1ccc(C(=O)N2CCc3cc4c(cc3C2c2cccc(O)c2)OCO4)cc1. The summed E-state index contributed by atoms with van der Waals surface area (Å²) in [6.45, 7) is 0.751. The number of carbonyl (C=O) groups is 1. The van der Waals surface area contributed by atoms with Crippen molar-refractivity contribution >= 4 is 5.91 Å². The van der Waals surface area contributed by atoms with Crippen LogP contribution in [0.3, 0.4) is 0 Å². The van der Waals surface area contributed by atoms with Gasteiger partial charge in [0.1, 0.15) is 11.5 Å². The van der Waals surface area contributed by atoms with E-state index in [0.29, 0.717) is 30.0 Å². The van der Waals surface area contributed by atoms with Crippen LogP contribution in [0.1, 0.15) is 33.1 Å². The van der Waals surface area contributed by atoms with Crippen LogP contribution in [0.15, 0.2) is 60.7 Å². The zero-order valence-corrected chi connectivity index (χ0v) is 16.5. The standard InChI is InChI=1S/C24H21NO5/c1-28-19-7-5-15(6-8-19)24(27)25-10-9-16-12-21-22(30-14-29-21)13-20(16)23(25)17-3-2-4-18(26)11-17/h2-8,11-13,23,26H,9-10,14H2,1H3. The van der Waals surface area contributed by atoms with Crippen LogP contribution < -0.4 is 14.2 Å². The van der Waals surface area contributed by atoms with E-state index in [4.69, 9.17) is 14.2 Å². The van der Waals surface area contributed by atoms with Crippen molar-refractivity contribution in [1.82, 2.24) is 4.90 Å². The van der Waals surface area contributed by atoms with Gasteiger partial charge >= 0.3 is 0 Å². The van der Waals surface area contributed by atoms with Crippen molar-refractivity contribution in [3.63, 3.8) is 0 Å². The number of hydrogen-bond acceptors (Lipinski definition) is 5. The quantitative estimate of drug-likeness (QED) is 0.718. The summed E-state index contributed by atoms with van der Waals surface area (Å²) in [4.78, 5) is 15.3. The molecular weight excluding hydrogens is 382 g/mol. The molecule has 2 aliphatic rings. The van der Waals surface area contributed by atoms with Crippen LogP contribution >= 0.6 is 0 Å². The molecule has 1 unspecified atom stereocenters. The molecule has 1 atom stereocenters. The largest absolute Gasteiger partial charge is 0.508 e. The van der Waals surface area contributed by atoms with Crippen molar-refractivity contribution in [3.05, 3.63) is 82.9 Å². The van der Waals surface area contributed by atoms with Crippen LogP contribution in [0.25, 0.3) is 0 Å². The Labute approximate surface area is 174 Å². The van der Waals surface area contributed by atoms with Crippen LogP contribution in [0.4, 0.5) is 0 Å². The van der Waals surface area contributed by atoms with Gasteiger partial charge < -0.3 is 24.2 Å². The average Bonchev–Trinajstić information content (AvgIpc) is 3.23. The topological polar surface area (TPSA) is 68.2 Å². The second kappa shape index (κ2) is 7.30. The highest BCUT2D eigenvalue weighted by atomic mass is 16.7. The fraction of sp³-hybridized carbons (Fsp3) is 0.208. The molecule has 3 aromatic rings. The number of rotatable bonds is 3. The Kier molecular flexibility index (Phi) is 4.47. The van der Waals surface area contributed by atoms with E-state index in [1.165, 1.54) is 0 Å². The van der Waals surface area contributed by atoms with Gasteiger partial charge in [0.05, 0.1) is 13.2 Å². The molecule has 0 bridgehead atoms. The molecule has 0 fully saturated rings. The summed E-state index contributed by atoms with van der Waals surface area (Å²) < 4.78 is 16.3. The second-order valence-corrected chi connectivity index (χ2v) is 7.38. The highest BCUT2D eigenvalue weighted by Crippen LogP contribution is 2.43. The van der Waals surface area contributed by atoms with Gasteiger partial charge in [-0.05, 0) is 71.6 Å². The van der Waals surface area contributed by atoms with Gasteiger partial charge in [-0.2, -0.15) is 0 Å². The normalized spacial score (nSPS) is 16.8. The number of nitrogens with zero attached hydrogens (tertiary/aromatic N) is 1. The maximum atomic E-state index is 13.5. The number of benzene rings is 3. The van der Waals surface area contributed by atoms with Crippen LogP contribution in [-0.2, 0) is 6.42 Å². The minimum Gasteiger partial charge on any atom is -0.508 e. The van der Waals surface area contributed by atoms with E-state index in [2.05, 4.69) is 0 Å². The van der Waals surface area contributed by atoms with E-state index < -0.39 is 0 Å². The van der Waals surface area contributed by atoms with Crippen LogP contribution in [0, 0.1) is 0 Å². The zero-order valence-electron chi connectivity index (χ0n) is 16.5. The summed E-state index contributed by atoms with van der Waals surface area (Å²) in [7, 11) is 1.60. The monoisotopic (exact) mass is 403 g/mol. The number of aromatic hydroxyl groups is 1. The van der Waals surface area contributed by atoms with E-state index in [1.54, 1.807) is 49.6 Å². The number of phenols is 1. The summed E-state index contributed by atoms with van der Waals surface area (Å²) in [5, 5.41) is 10.1. The van der Waals surface area contributed by atoms with Gasteiger partial charge in [0.25, 0.3) is 5.91 Å². The molecule has 5 rings (SSSR count). The lowest BCUT2D eigenvalue weighted by atomic mass is 9.87. The lowest BCUT2D eigenvalue weighted by Gasteiger charge is -2.38. The van der Waals surface area contributed by atoms with Crippen LogP contribution in [0.5, 0.6) is 23.0 Å². The molecule has 3 aromatic carbocycles. The van der Waals surface area contributed by atoms with Gasteiger partial charge in [-0.15, -0.1) is 0 Å². The Balaban J connectivity index is 1.60. The molecule has 0 aromatic heterocycles. The predicted octanol–water partition coefficient (Wildman–Crippen LogP) is 3.92. The van der Waals surface area contributed by atoms with E-state index in [1.807, 2.05) is 23.1 Å². The second-order valence-electron chi connectivity index (χ2n) is 7.38. The molecule has 0 saturated carbocycles. The van der Waals surface area contributed by atoms with Crippen molar-refractivity contribution in [2.45, 2.75) is 12.5 Å². The molecule has 2 aliphatic heterocycles. The number of ether oxygens (including phenoxy) is 3. The van der Waals surface area contributed by atoms with E-state index >= 15 is 0 Å². The average molecular weight is 403 g/mol. The van der Waals surface area contributed by atoms with Crippen molar-refractivity contribution in [1.29, 1.82) is 0 Å². The molecule has 0 spiro atoms. The molecule has 0 radical (unpaired) electrons. The maximum Gasteiger partial charge on any atom is 0.254 e. The number of fused-ring (bicyclic) bond motifs is 2. The Bertz CT molecular complexity index is 1110. The zero-order chi connectivity index (χ0) is 20.7. The van der Waals surface area contributed by atoms with E-state index in [9.17, 15) is 9.90 Å². The van der Waals surface area contributed by atoms with Crippen molar-refractivity contribution in [3.8, 4) is 23.0 Å². The first-order valence-electron chi connectivity index (χ1n) is 9.80. The third-order valence-corrected chi connectivity index (χ3v) is 5.65. The molecule has 1 amide bonds. The molecule has 0 saturated heterocycles. The fourth-order valence-corrected chi connectivity index (χ4v) is 4.18. The lowest BCUT2D eigenvalue weighted by Crippen LogP contribution is -2.40. The molecule has 30 heavy (non-hydrogen) atoms. The van der Waals surface area contributed by atoms with Gasteiger partial charge in [0.15, 0.2) is 11.5 Å². The third kappa shape index (κ3) is 3.10. The summed E-state index contributed by atoms with van der Waals surface area (Å²) in [5.74, 6) is 2.20. The number of methoxy groups -OCH3 is 1. The molecule has 0 aliphatic carbocycles. The highest BCUT2D eigenvalue weighted by molar-refractivity contribution is 5.95. The van der Waals surface area contributed by atoms with Gasteiger partial charge in [-0.25, -0.2) is 0 Å². The van der Waals surface area contributed by atoms with Crippen LogP contribution in [-0.4, -0.2) is 36.4 Å². The number of phenolic OH excluding ortho intramolecular Hbond substituents is 1. The first kappa shape index (κ1) is 18.4. The smallest absolute Gasteiger partial charge is 0.254 e. The van der Waals surface area contributed by atoms with E-state index in [0.717, 1.165) is 22.4 Å². The molecule has 6 heteroatoms. The molecule has 152 valence electrons. The van der Waals surface area contributed by atoms with Crippen LogP contribution in [0.2, 0.25) is 0 Å². The molecule has 1 N–H and O–H groups in total. The van der Waals surface area contributed by atoms with Gasteiger partial charge in [-0.3, -0.25) is 4.79 Å². The molecule has 2 heterocycles. The minimum absolute atomic E-state index is 0.0747. The fourth-order valence-electron chi connectivity index (χ4n) is 4.18. The van der Waals surface area contributed by atoms with Gasteiger partial charge in [-0.1, -0.05) is 12.1 Å². The van der Waals surface area contributed by atoms with Crippen molar-refractivity contribution in [2.24, 2.45) is 0 Å². The molecular formula is C24H21NO5. The predicted molar refractivity (Wildman–Crippen MR) is 110 cm³/mol. The van der Waals surface area contributed by atoms with Crippen molar-refractivity contribution < 1.29 is 24.1 Å².